The van der Waals surface area contributed by atoms with Crippen LogP contribution in [0.25, 0.3) is 0 Å². The van der Waals surface area contributed by atoms with E-state index < -0.39 is 0 Å². The lowest BCUT2D eigenvalue weighted by atomic mass is 9.87. The predicted octanol–water partition coefficient (Wildman–Crippen LogP) is 2.60. The third-order valence-corrected chi connectivity index (χ3v) is 2.61. The summed E-state index contributed by atoms with van der Waals surface area (Å²) >= 11 is 0. The number of hydrogen-bond acceptors (Lipinski definition) is 3. The van der Waals surface area contributed by atoms with Crippen LogP contribution in [0.5, 0.6) is 0 Å². The molecule has 0 spiro atoms. The summed E-state index contributed by atoms with van der Waals surface area (Å²) in [6, 6.07) is 4.64. The average Bonchev–Trinajstić information content (AvgIpc) is 2.21. The first kappa shape index (κ1) is 13.9. The quantitative estimate of drug-likeness (QED) is 0.698. The van der Waals surface area contributed by atoms with E-state index >= 15 is 0 Å². The highest BCUT2D eigenvalue weighted by atomic mass is 14.9. The molecular formula is C12H21N3. The lowest BCUT2D eigenvalue weighted by molar-refractivity contribution is 0.298. The molecule has 0 saturated carbocycles. The zero-order chi connectivity index (χ0) is 11.7. The van der Waals surface area contributed by atoms with Gasteiger partial charge in [0.1, 0.15) is 0 Å². The van der Waals surface area contributed by atoms with E-state index in [-0.39, 0.29) is 11.5 Å². The topological polar surface area (TPSA) is 59.6 Å². The lowest BCUT2D eigenvalue weighted by Gasteiger charge is -2.26. The summed E-state index contributed by atoms with van der Waals surface area (Å²) in [5.74, 6) is 0. The van der Waals surface area contributed by atoms with Crippen molar-refractivity contribution < 1.29 is 0 Å². The van der Waals surface area contributed by atoms with E-state index in [1.54, 1.807) is 0 Å². The zero-order valence-electron chi connectivity index (χ0n) is 10.0. The molecule has 0 rings (SSSR count). The van der Waals surface area contributed by atoms with E-state index in [4.69, 9.17) is 10.5 Å². The molecule has 1 N–H and O–H groups in total. The molecule has 15 heavy (non-hydrogen) atoms. The van der Waals surface area contributed by atoms with Gasteiger partial charge in [0, 0.05) is 19.0 Å². The summed E-state index contributed by atoms with van der Waals surface area (Å²) in [6.45, 7) is 7.25. The van der Waals surface area contributed by atoms with Crippen LogP contribution in [0.1, 0.15) is 46.5 Å². The fourth-order valence-electron chi connectivity index (χ4n) is 1.37. The van der Waals surface area contributed by atoms with E-state index in [2.05, 4.69) is 38.2 Å². The first-order chi connectivity index (χ1) is 7.05. The molecule has 3 heteroatoms. The Morgan fingerprint density at radius 2 is 1.93 bits per heavy atom. The molecule has 0 bridgehead atoms. The van der Waals surface area contributed by atoms with Crippen LogP contribution in [0.3, 0.4) is 0 Å². The van der Waals surface area contributed by atoms with E-state index in [0.29, 0.717) is 12.8 Å². The molecule has 84 valence electrons. The van der Waals surface area contributed by atoms with Gasteiger partial charge in [-0.05, 0) is 18.3 Å². The zero-order valence-corrected chi connectivity index (χ0v) is 10.0. The summed E-state index contributed by atoms with van der Waals surface area (Å²) in [6.07, 6.45) is 3.04. The van der Waals surface area contributed by atoms with Gasteiger partial charge >= 0.3 is 0 Å². The molecule has 0 aromatic carbocycles. The van der Waals surface area contributed by atoms with Crippen LogP contribution < -0.4 is 5.32 Å². The third kappa shape index (κ3) is 6.94. The second-order valence-corrected chi connectivity index (χ2v) is 4.67. The van der Waals surface area contributed by atoms with Gasteiger partial charge in [0.25, 0.3) is 0 Å². The van der Waals surface area contributed by atoms with E-state index in [1.807, 2.05) is 0 Å². The van der Waals surface area contributed by atoms with E-state index in [0.717, 1.165) is 19.4 Å². The van der Waals surface area contributed by atoms with Crippen molar-refractivity contribution in [3.63, 3.8) is 0 Å². The molecule has 0 fully saturated rings. The Labute approximate surface area is 93.1 Å². The minimum absolute atomic E-state index is 0.138. The summed E-state index contributed by atoms with van der Waals surface area (Å²) in [5, 5.41) is 20.5. The van der Waals surface area contributed by atoms with Crippen LogP contribution in [0, 0.1) is 28.1 Å². The highest BCUT2D eigenvalue weighted by Gasteiger charge is 2.18. The molecule has 0 heterocycles. The van der Waals surface area contributed by atoms with Gasteiger partial charge in [-0.15, -0.1) is 0 Å². The molecule has 1 atom stereocenters. The normalized spacial score (nSPS) is 12.9. The number of nitriles is 2. The fourth-order valence-corrected chi connectivity index (χ4v) is 1.37. The van der Waals surface area contributed by atoms with Crippen molar-refractivity contribution >= 4 is 0 Å². The number of rotatable bonds is 7. The molecule has 0 aliphatic heterocycles. The minimum Gasteiger partial charge on any atom is -0.312 e. The van der Waals surface area contributed by atoms with Gasteiger partial charge in [0.05, 0.1) is 18.6 Å². The van der Waals surface area contributed by atoms with Gasteiger partial charge in [-0.2, -0.15) is 10.5 Å². The van der Waals surface area contributed by atoms with Gasteiger partial charge in [-0.1, -0.05) is 20.8 Å². The van der Waals surface area contributed by atoms with Crippen LogP contribution in [0.4, 0.5) is 0 Å². The average molecular weight is 207 g/mol. The highest BCUT2D eigenvalue weighted by molar-refractivity contribution is 4.83. The van der Waals surface area contributed by atoms with Crippen molar-refractivity contribution in [1.29, 1.82) is 10.5 Å². The summed E-state index contributed by atoms with van der Waals surface area (Å²) in [5.41, 5.74) is 0.138. The standard InChI is InChI=1S/C12H21N3/c1-4-11(6-9-14)15-10-12(2,3)7-5-8-13/h11,15H,4-7,10H2,1-3H3. The molecule has 0 saturated heterocycles. The van der Waals surface area contributed by atoms with E-state index in [1.165, 1.54) is 0 Å². The Kier molecular flexibility index (Phi) is 6.75. The van der Waals surface area contributed by atoms with Gasteiger partial charge in [-0.25, -0.2) is 0 Å². The minimum atomic E-state index is 0.138. The third-order valence-electron chi connectivity index (χ3n) is 2.61. The van der Waals surface area contributed by atoms with Crippen LogP contribution in [-0.2, 0) is 0 Å². The van der Waals surface area contributed by atoms with Crippen LogP contribution in [0.15, 0.2) is 0 Å². The molecule has 3 nitrogen and oxygen atoms in total. The number of nitrogens with one attached hydrogen (secondary N) is 1. The van der Waals surface area contributed by atoms with Crippen molar-refractivity contribution in [3.8, 4) is 12.1 Å². The Balaban J connectivity index is 3.91. The van der Waals surface area contributed by atoms with Crippen LogP contribution in [0.2, 0.25) is 0 Å². The van der Waals surface area contributed by atoms with Crippen molar-refractivity contribution in [2.24, 2.45) is 5.41 Å². The lowest BCUT2D eigenvalue weighted by Crippen LogP contribution is -2.36. The largest absolute Gasteiger partial charge is 0.312 e. The molecule has 1 unspecified atom stereocenters. The van der Waals surface area contributed by atoms with Crippen molar-refractivity contribution in [2.75, 3.05) is 6.54 Å². The van der Waals surface area contributed by atoms with Gasteiger partial charge < -0.3 is 5.32 Å². The smallest absolute Gasteiger partial charge is 0.0638 e. The van der Waals surface area contributed by atoms with E-state index in [9.17, 15) is 0 Å². The Bertz CT molecular complexity index is 245. The molecule has 0 aromatic rings. The van der Waals surface area contributed by atoms with Crippen LogP contribution in [-0.4, -0.2) is 12.6 Å². The summed E-state index contributed by atoms with van der Waals surface area (Å²) in [7, 11) is 0. The maximum absolute atomic E-state index is 8.61. The highest BCUT2D eigenvalue weighted by Crippen LogP contribution is 2.21. The predicted molar refractivity (Wildman–Crippen MR) is 60.9 cm³/mol. The van der Waals surface area contributed by atoms with Crippen molar-refractivity contribution in [2.45, 2.75) is 52.5 Å². The number of nitrogens with zero attached hydrogens (tertiary/aromatic N) is 2. The van der Waals surface area contributed by atoms with Gasteiger partial charge in [0.2, 0.25) is 0 Å². The first-order valence-electron chi connectivity index (χ1n) is 5.53. The molecule has 0 aliphatic rings. The Morgan fingerprint density at radius 3 is 2.40 bits per heavy atom. The maximum Gasteiger partial charge on any atom is 0.0638 e. The monoisotopic (exact) mass is 207 g/mol. The second-order valence-electron chi connectivity index (χ2n) is 4.67. The SMILES string of the molecule is CCC(CC#N)NCC(C)(C)CCC#N. The van der Waals surface area contributed by atoms with Gasteiger partial charge in [-0.3, -0.25) is 0 Å². The maximum atomic E-state index is 8.61. The fraction of sp³-hybridized carbons (Fsp3) is 0.833. The van der Waals surface area contributed by atoms with Crippen molar-refractivity contribution in [1.82, 2.24) is 5.32 Å². The number of hydrogen-bond donors (Lipinski definition) is 1. The second kappa shape index (κ2) is 7.26. The van der Waals surface area contributed by atoms with Gasteiger partial charge in [0.15, 0.2) is 0 Å². The molecule has 0 radical (unpaired) electrons. The Hall–Kier alpha value is -1.06. The van der Waals surface area contributed by atoms with Crippen molar-refractivity contribution in [3.05, 3.63) is 0 Å². The molecule has 0 amide bonds. The summed E-state index contributed by atoms with van der Waals surface area (Å²) < 4.78 is 0. The molecular weight excluding hydrogens is 186 g/mol. The van der Waals surface area contributed by atoms with Crippen LogP contribution >= 0.6 is 0 Å². The molecule has 0 aliphatic carbocycles. The molecule has 0 aromatic heterocycles. The Morgan fingerprint density at radius 1 is 1.27 bits per heavy atom. The summed E-state index contributed by atoms with van der Waals surface area (Å²) in [4.78, 5) is 0. The first-order valence-corrected chi connectivity index (χ1v) is 5.53.